The molecule has 0 bridgehead atoms. The Labute approximate surface area is 465 Å². The van der Waals surface area contributed by atoms with Gasteiger partial charge < -0.3 is 46.8 Å². The number of rotatable bonds is 21. The van der Waals surface area contributed by atoms with E-state index in [2.05, 4.69) is 60.0 Å². The molecular weight excluding hydrogens is 1050 g/mol. The van der Waals surface area contributed by atoms with Crippen LogP contribution in [0.2, 0.25) is 0 Å². The van der Waals surface area contributed by atoms with E-state index in [0.717, 1.165) is 89.4 Å². The molecule has 0 radical (unpaired) electrons. The summed E-state index contributed by atoms with van der Waals surface area (Å²) in [5.41, 5.74) is 6.71. The number of nitrogens with zero attached hydrogens (tertiary/aromatic N) is 7. The molecule has 22 heteroatoms. The van der Waals surface area contributed by atoms with E-state index >= 15 is 0 Å². The number of carbonyl (C=O) groups excluding carboxylic acids is 3. The van der Waals surface area contributed by atoms with Crippen molar-refractivity contribution < 1.29 is 47.3 Å². The van der Waals surface area contributed by atoms with E-state index < -0.39 is 36.2 Å². The molecule has 2 aromatic heterocycles. The minimum absolute atomic E-state index is 0.0148. The Balaban J connectivity index is 0.752. The number of hydrogen-bond donors (Lipinski definition) is 8. The number of anilines is 3. The number of hydrogen-bond acceptors (Lipinski definition) is 14. The van der Waals surface area contributed by atoms with Gasteiger partial charge in [-0.2, -0.15) is 18.2 Å². The molecule has 2 aliphatic heterocycles. The number of nitrogens with one attached hydrogen (secondary N) is 5. The molecule has 1 fully saturated rings. The second kappa shape index (κ2) is 25.1. The number of aromatic nitrogens is 5. The van der Waals surface area contributed by atoms with Crippen molar-refractivity contribution in [2.75, 3.05) is 61.3 Å². The maximum Gasteiger partial charge on any atom is 0.405 e. The molecule has 7 aromatic rings. The lowest BCUT2D eigenvalue weighted by Crippen LogP contribution is -2.35. The van der Waals surface area contributed by atoms with E-state index in [1.165, 1.54) is 10.6 Å². The summed E-state index contributed by atoms with van der Waals surface area (Å²) in [5.74, 6) is -2.79. The van der Waals surface area contributed by atoms with Gasteiger partial charge in [0.1, 0.15) is 29.6 Å². The number of amides is 3. The maximum absolute atomic E-state index is 13.3. The molecule has 3 amide bonds. The van der Waals surface area contributed by atoms with Gasteiger partial charge in [0.2, 0.25) is 17.7 Å². The minimum atomic E-state index is -4.66. The Morgan fingerprint density at radius 2 is 1.52 bits per heavy atom. The fraction of sp³-hybridized carbons (Fsp3) is 0.339. The topological polar surface area (TPSA) is 235 Å². The smallest absolute Gasteiger partial charge is 0.405 e. The number of phenols is 3. The molecule has 1 saturated heterocycles. The van der Waals surface area contributed by atoms with E-state index in [1.807, 2.05) is 67.7 Å². The number of alkyl halides is 3. The number of fused-ring (bicyclic) bond motifs is 2. The van der Waals surface area contributed by atoms with Crippen molar-refractivity contribution in [3.8, 4) is 34.3 Å². The molecule has 18 nitrogen and oxygen atoms in total. The third-order valence-corrected chi connectivity index (χ3v) is 14.5. The van der Waals surface area contributed by atoms with Gasteiger partial charge in [0, 0.05) is 80.1 Å². The molecule has 2 aliphatic rings. The van der Waals surface area contributed by atoms with Gasteiger partial charge >= 0.3 is 6.18 Å². The number of aromatic hydroxyl groups is 3. The van der Waals surface area contributed by atoms with Crippen molar-refractivity contribution >= 4 is 45.9 Å². The normalized spacial score (nSPS) is 13.9. The molecule has 81 heavy (non-hydrogen) atoms. The molecule has 0 saturated carbocycles. The fourth-order valence-corrected chi connectivity index (χ4v) is 10.3. The van der Waals surface area contributed by atoms with Crippen molar-refractivity contribution in [2.24, 2.45) is 5.92 Å². The van der Waals surface area contributed by atoms with Gasteiger partial charge in [-0.3, -0.25) is 23.9 Å². The molecule has 4 heterocycles. The van der Waals surface area contributed by atoms with Gasteiger partial charge in [0.05, 0.1) is 17.8 Å². The van der Waals surface area contributed by atoms with Gasteiger partial charge in [-0.25, -0.2) is 9.37 Å². The predicted molar refractivity (Wildman–Crippen MR) is 300 cm³/mol. The summed E-state index contributed by atoms with van der Waals surface area (Å²) < 4.78 is 53.9. The lowest BCUT2D eigenvalue weighted by Gasteiger charge is -2.32. The highest BCUT2D eigenvalue weighted by Crippen LogP contribution is 2.39. The Bertz CT molecular complexity index is 3420. The highest BCUT2D eigenvalue weighted by atomic mass is 19.4. The zero-order valence-corrected chi connectivity index (χ0v) is 44.9. The Morgan fingerprint density at radius 1 is 0.790 bits per heavy atom. The van der Waals surface area contributed by atoms with E-state index in [4.69, 9.17) is 9.97 Å². The fourth-order valence-electron chi connectivity index (χ4n) is 10.3. The van der Waals surface area contributed by atoms with Crippen LogP contribution in [0.15, 0.2) is 109 Å². The molecule has 0 unspecified atom stereocenters. The zero-order chi connectivity index (χ0) is 57.4. The molecule has 5 aromatic carbocycles. The lowest BCUT2D eigenvalue weighted by atomic mass is 9.90. The summed E-state index contributed by atoms with van der Waals surface area (Å²) in [7, 11) is 0. The first-order valence-corrected chi connectivity index (χ1v) is 26.9. The van der Waals surface area contributed by atoms with Crippen LogP contribution in [0.4, 0.5) is 35.0 Å². The van der Waals surface area contributed by atoms with Gasteiger partial charge in [-0.1, -0.05) is 81.1 Å². The molecule has 0 aliphatic carbocycles. The van der Waals surface area contributed by atoms with Crippen LogP contribution in [0.3, 0.4) is 0 Å². The zero-order valence-electron chi connectivity index (χ0n) is 44.9. The number of likely N-dealkylation sites (tertiary alicyclic amines) is 1. The van der Waals surface area contributed by atoms with E-state index in [0.29, 0.717) is 55.0 Å². The number of benzene rings is 5. The standard InChI is InChI=1S/C59H64F4N12O6/c1-35(2)46-29-47(51(78)30-50(46)77)54-71-72-55(57(81)68-34-59(61,62)63)75(54)42-14-12-37(13-15-42)26-38-17-23-73(24-18-38)32-40-10-8-39(9-11-40)31-67-52(79)16-20-66-58-69-48-33-74(49-28-43(76)27-41-6-4-5-7-44(41)49)25-19-45(48)53(70-58)64-21-22-65-56(80)36(3)60/h4-15,27-30,35,38,76-78H,3,16-26,31-34H2,1-2H3,(H,65,80)(H,67,79)(H,68,81)(H2,64,66,69,70). The van der Waals surface area contributed by atoms with Crippen LogP contribution in [-0.2, 0) is 42.1 Å². The van der Waals surface area contributed by atoms with Crippen molar-refractivity contribution in [3.63, 3.8) is 0 Å². The van der Waals surface area contributed by atoms with Crippen LogP contribution in [0, 0.1) is 5.92 Å². The first kappa shape index (κ1) is 56.9. The SMILES string of the molecule is C=C(F)C(=O)NCCNc1nc(NCCC(=O)NCc2ccc(CN3CCC(Cc4ccc(-n5c(C(=O)NCC(F)(F)F)nnc5-c5cc(C(C)C)c(O)cc5O)cc4)CC3)cc2)nc2c1CCN(c1cc(O)cc3ccccc13)C2. The average Bonchev–Trinajstić information content (AvgIpc) is 3.90. The summed E-state index contributed by atoms with van der Waals surface area (Å²) in [6, 6.07) is 29.5. The molecule has 0 spiro atoms. The second-order valence-corrected chi connectivity index (χ2v) is 20.7. The summed E-state index contributed by atoms with van der Waals surface area (Å²) in [4.78, 5) is 52.1. The van der Waals surface area contributed by atoms with Crippen LogP contribution >= 0.6 is 0 Å². The Kier molecular flexibility index (Phi) is 17.7. The molecule has 0 atom stereocenters. The summed E-state index contributed by atoms with van der Waals surface area (Å²) in [6.45, 7) is 9.77. The third-order valence-electron chi connectivity index (χ3n) is 14.5. The van der Waals surface area contributed by atoms with E-state index in [9.17, 15) is 47.3 Å². The summed E-state index contributed by atoms with van der Waals surface area (Å²) in [5, 5.41) is 55.7. The Hall–Kier alpha value is -8.79. The second-order valence-electron chi connectivity index (χ2n) is 20.7. The lowest BCUT2D eigenvalue weighted by molar-refractivity contribution is -0.123. The van der Waals surface area contributed by atoms with Crippen molar-refractivity contribution in [2.45, 2.75) is 77.7 Å². The first-order chi connectivity index (χ1) is 38.8. The van der Waals surface area contributed by atoms with Gasteiger partial charge in [0.25, 0.3) is 11.8 Å². The molecule has 424 valence electrons. The van der Waals surface area contributed by atoms with Crippen molar-refractivity contribution in [1.82, 2.24) is 45.6 Å². The summed E-state index contributed by atoms with van der Waals surface area (Å²) >= 11 is 0. The van der Waals surface area contributed by atoms with Gasteiger partial charge in [-0.05, 0) is 103 Å². The van der Waals surface area contributed by atoms with Crippen LogP contribution in [-0.4, -0.2) is 115 Å². The van der Waals surface area contributed by atoms with Crippen LogP contribution in [0.5, 0.6) is 17.2 Å². The molecule has 8 N–H and O–H groups in total. The maximum atomic E-state index is 13.3. The largest absolute Gasteiger partial charge is 0.508 e. The number of piperidine rings is 1. The summed E-state index contributed by atoms with van der Waals surface area (Å²) in [6.07, 6.45) is -1.20. The van der Waals surface area contributed by atoms with Crippen molar-refractivity contribution in [1.29, 1.82) is 0 Å². The number of carbonyl (C=O) groups is 3. The number of halogens is 4. The number of phenolic OH excluding ortho intramolecular Hbond substituents is 3. The predicted octanol–water partition coefficient (Wildman–Crippen LogP) is 8.56. The van der Waals surface area contributed by atoms with Gasteiger partial charge in [0.15, 0.2) is 11.7 Å². The molecule has 9 rings (SSSR count). The quantitative estimate of drug-likeness (QED) is 0.0191. The highest BCUT2D eigenvalue weighted by molar-refractivity contribution is 5.96. The van der Waals surface area contributed by atoms with Crippen LogP contribution in [0.25, 0.3) is 27.8 Å². The highest BCUT2D eigenvalue weighted by Gasteiger charge is 2.31. The van der Waals surface area contributed by atoms with Crippen LogP contribution in [0.1, 0.15) is 83.2 Å². The van der Waals surface area contributed by atoms with E-state index in [-0.39, 0.29) is 66.5 Å². The third kappa shape index (κ3) is 14.3. The van der Waals surface area contributed by atoms with Crippen molar-refractivity contribution in [3.05, 3.63) is 149 Å². The van der Waals surface area contributed by atoms with Crippen LogP contribution < -0.4 is 31.5 Å². The molecular formula is C59H64F4N12O6. The van der Waals surface area contributed by atoms with Gasteiger partial charge in [-0.15, -0.1) is 10.2 Å². The van der Waals surface area contributed by atoms with E-state index in [1.54, 1.807) is 24.3 Å². The average molecular weight is 1110 g/mol. The minimum Gasteiger partial charge on any atom is -0.508 e. The first-order valence-electron chi connectivity index (χ1n) is 26.9. The monoisotopic (exact) mass is 1110 g/mol. The Morgan fingerprint density at radius 3 is 2.25 bits per heavy atom.